The molecule has 84 valence electrons. The predicted molar refractivity (Wildman–Crippen MR) is 56.7 cm³/mol. The molecule has 0 saturated heterocycles. The summed E-state index contributed by atoms with van der Waals surface area (Å²) in [4.78, 5) is 11.7. The van der Waals surface area contributed by atoms with Gasteiger partial charge < -0.3 is 14.8 Å². The molecule has 0 bridgehead atoms. The van der Waals surface area contributed by atoms with E-state index in [-0.39, 0.29) is 11.9 Å². The fraction of sp³-hybridized carbons (Fsp3) is 0.545. The topological polar surface area (TPSA) is 62.5 Å². The Morgan fingerprint density at radius 3 is 2.73 bits per heavy atom. The number of aliphatic hydroxyl groups excluding tert-OH is 1. The van der Waals surface area contributed by atoms with Crippen molar-refractivity contribution in [2.45, 2.75) is 39.3 Å². The number of rotatable bonds is 4. The SMILES string of the molecule is Cc1occc1C(=O)NC(C)CC(C)O. The van der Waals surface area contributed by atoms with Crippen LogP contribution in [-0.4, -0.2) is 23.2 Å². The third kappa shape index (κ3) is 3.40. The largest absolute Gasteiger partial charge is 0.469 e. The van der Waals surface area contributed by atoms with E-state index in [1.807, 2.05) is 6.92 Å². The lowest BCUT2D eigenvalue weighted by Crippen LogP contribution is -2.34. The molecule has 0 radical (unpaired) electrons. The van der Waals surface area contributed by atoms with E-state index in [4.69, 9.17) is 9.52 Å². The molecule has 1 aromatic rings. The number of hydrogen-bond donors (Lipinski definition) is 2. The molecule has 1 heterocycles. The second-order valence-electron chi connectivity index (χ2n) is 3.85. The van der Waals surface area contributed by atoms with Crippen LogP contribution in [0.1, 0.15) is 36.4 Å². The Bertz CT molecular complexity index is 330. The van der Waals surface area contributed by atoms with Gasteiger partial charge in [0.25, 0.3) is 5.91 Å². The number of nitrogens with one attached hydrogen (secondary N) is 1. The first kappa shape index (κ1) is 11.8. The molecule has 2 unspecified atom stereocenters. The first-order valence-electron chi connectivity index (χ1n) is 5.03. The van der Waals surface area contributed by atoms with Crippen molar-refractivity contribution in [2.24, 2.45) is 0 Å². The summed E-state index contributed by atoms with van der Waals surface area (Å²) in [5.74, 6) is 0.450. The maximum Gasteiger partial charge on any atom is 0.255 e. The lowest BCUT2D eigenvalue weighted by Gasteiger charge is -2.14. The average Bonchev–Trinajstić information content (AvgIpc) is 2.49. The minimum Gasteiger partial charge on any atom is -0.469 e. The lowest BCUT2D eigenvalue weighted by atomic mass is 10.1. The third-order valence-electron chi connectivity index (χ3n) is 2.18. The minimum atomic E-state index is -0.411. The summed E-state index contributed by atoms with van der Waals surface area (Å²) in [6.45, 7) is 5.31. The van der Waals surface area contributed by atoms with Crippen LogP contribution in [0.25, 0.3) is 0 Å². The van der Waals surface area contributed by atoms with Crippen LogP contribution in [0.4, 0.5) is 0 Å². The van der Waals surface area contributed by atoms with E-state index in [1.54, 1.807) is 19.9 Å². The van der Waals surface area contributed by atoms with Gasteiger partial charge in [-0.05, 0) is 33.3 Å². The van der Waals surface area contributed by atoms with Gasteiger partial charge in [0.1, 0.15) is 5.76 Å². The smallest absolute Gasteiger partial charge is 0.255 e. The molecular formula is C11H17NO3. The summed E-state index contributed by atoms with van der Waals surface area (Å²) in [6.07, 6.45) is 1.62. The normalized spacial score (nSPS) is 14.7. The van der Waals surface area contributed by atoms with E-state index < -0.39 is 6.10 Å². The Kier molecular flexibility index (Phi) is 3.91. The van der Waals surface area contributed by atoms with Gasteiger partial charge in [-0.1, -0.05) is 0 Å². The number of aryl methyl sites for hydroxylation is 1. The summed E-state index contributed by atoms with van der Waals surface area (Å²) in [5, 5.41) is 11.9. The summed E-state index contributed by atoms with van der Waals surface area (Å²) >= 11 is 0. The van der Waals surface area contributed by atoms with E-state index >= 15 is 0 Å². The zero-order chi connectivity index (χ0) is 11.4. The molecular weight excluding hydrogens is 194 g/mol. The molecule has 0 spiro atoms. The Morgan fingerprint density at radius 2 is 2.27 bits per heavy atom. The Morgan fingerprint density at radius 1 is 1.60 bits per heavy atom. The van der Waals surface area contributed by atoms with Crippen molar-refractivity contribution in [1.82, 2.24) is 5.32 Å². The van der Waals surface area contributed by atoms with Gasteiger partial charge in [0.05, 0.1) is 17.9 Å². The van der Waals surface area contributed by atoms with E-state index in [0.717, 1.165) is 0 Å². The van der Waals surface area contributed by atoms with E-state index in [1.165, 1.54) is 6.26 Å². The lowest BCUT2D eigenvalue weighted by molar-refractivity contribution is 0.0921. The van der Waals surface area contributed by atoms with Crippen LogP contribution < -0.4 is 5.32 Å². The molecule has 2 N–H and O–H groups in total. The molecule has 1 rings (SSSR count). The molecule has 1 aromatic heterocycles. The van der Waals surface area contributed by atoms with E-state index in [0.29, 0.717) is 17.7 Å². The van der Waals surface area contributed by atoms with Crippen LogP contribution >= 0.6 is 0 Å². The average molecular weight is 211 g/mol. The van der Waals surface area contributed by atoms with Crippen molar-refractivity contribution in [3.63, 3.8) is 0 Å². The maximum atomic E-state index is 11.7. The molecule has 1 amide bonds. The number of furan rings is 1. The first-order valence-corrected chi connectivity index (χ1v) is 5.03. The van der Waals surface area contributed by atoms with E-state index in [9.17, 15) is 4.79 Å². The molecule has 0 aliphatic heterocycles. The highest BCUT2D eigenvalue weighted by Crippen LogP contribution is 2.09. The summed E-state index contributed by atoms with van der Waals surface area (Å²) < 4.78 is 5.04. The third-order valence-corrected chi connectivity index (χ3v) is 2.18. The van der Waals surface area contributed by atoms with Crippen LogP contribution in [0.2, 0.25) is 0 Å². The molecule has 15 heavy (non-hydrogen) atoms. The van der Waals surface area contributed by atoms with Gasteiger partial charge >= 0.3 is 0 Å². The van der Waals surface area contributed by atoms with Gasteiger partial charge in [-0.15, -0.1) is 0 Å². The van der Waals surface area contributed by atoms with Crippen LogP contribution in [0, 0.1) is 6.92 Å². The van der Waals surface area contributed by atoms with Crippen molar-refractivity contribution in [3.05, 3.63) is 23.7 Å². The van der Waals surface area contributed by atoms with Gasteiger partial charge in [0.15, 0.2) is 0 Å². The van der Waals surface area contributed by atoms with Crippen molar-refractivity contribution < 1.29 is 14.3 Å². The standard InChI is InChI=1S/C11H17NO3/c1-7(6-8(2)13)12-11(14)10-4-5-15-9(10)3/h4-5,7-8,13H,6H2,1-3H3,(H,12,14). The number of carbonyl (C=O) groups is 1. The Labute approximate surface area is 89.3 Å². The Hall–Kier alpha value is -1.29. The molecule has 0 aliphatic rings. The molecule has 0 aliphatic carbocycles. The Balaban J connectivity index is 2.53. The van der Waals surface area contributed by atoms with Crippen molar-refractivity contribution >= 4 is 5.91 Å². The quantitative estimate of drug-likeness (QED) is 0.792. The number of aliphatic hydroxyl groups is 1. The van der Waals surface area contributed by atoms with Crippen molar-refractivity contribution in [2.75, 3.05) is 0 Å². The van der Waals surface area contributed by atoms with Gasteiger partial charge in [-0.25, -0.2) is 0 Å². The number of carbonyl (C=O) groups excluding carboxylic acids is 1. The summed E-state index contributed by atoms with van der Waals surface area (Å²) in [6, 6.07) is 1.59. The predicted octanol–water partition coefficient (Wildman–Crippen LogP) is 1.48. The van der Waals surface area contributed by atoms with Crippen LogP contribution in [0.3, 0.4) is 0 Å². The summed E-state index contributed by atoms with van der Waals surface area (Å²) in [5.41, 5.74) is 0.549. The molecule has 2 atom stereocenters. The molecule has 4 heteroatoms. The highest BCUT2D eigenvalue weighted by Gasteiger charge is 2.14. The zero-order valence-corrected chi connectivity index (χ0v) is 9.28. The number of amides is 1. The van der Waals surface area contributed by atoms with Crippen LogP contribution in [-0.2, 0) is 0 Å². The molecule has 4 nitrogen and oxygen atoms in total. The number of hydrogen-bond acceptors (Lipinski definition) is 3. The van der Waals surface area contributed by atoms with Gasteiger partial charge in [-0.3, -0.25) is 4.79 Å². The second-order valence-corrected chi connectivity index (χ2v) is 3.85. The minimum absolute atomic E-state index is 0.0493. The summed E-state index contributed by atoms with van der Waals surface area (Å²) in [7, 11) is 0. The highest BCUT2D eigenvalue weighted by atomic mass is 16.3. The van der Waals surface area contributed by atoms with Gasteiger partial charge in [-0.2, -0.15) is 0 Å². The first-order chi connectivity index (χ1) is 7.00. The van der Waals surface area contributed by atoms with Gasteiger partial charge in [0, 0.05) is 6.04 Å². The molecule has 0 aromatic carbocycles. The van der Waals surface area contributed by atoms with Crippen LogP contribution in [0.15, 0.2) is 16.7 Å². The maximum absolute atomic E-state index is 11.7. The molecule has 0 fully saturated rings. The van der Waals surface area contributed by atoms with E-state index in [2.05, 4.69) is 5.32 Å². The van der Waals surface area contributed by atoms with Crippen molar-refractivity contribution in [3.8, 4) is 0 Å². The van der Waals surface area contributed by atoms with Crippen molar-refractivity contribution in [1.29, 1.82) is 0 Å². The molecule has 0 saturated carbocycles. The zero-order valence-electron chi connectivity index (χ0n) is 9.28. The fourth-order valence-corrected chi connectivity index (χ4v) is 1.49. The van der Waals surface area contributed by atoms with Crippen LogP contribution in [0.5, 0.6) is 0 Å². The fourth-order valence-electron chi connectivity index (χ4n) is 1.49. The highest BCUT2D eigenvalue weighted by molar-refractivity contribution is 5.95. The monoisotopic (exact) mass is 211 g/mol. The van der Waals surface area contributed by atoms with Gasteiger partial charge in [0.2, 0.25) is 0 Å². The second kappa shape index (κ2) is 4.98.